The number of hydrogen-bond acceptors (Lipinski definition) is 3. The van der Waals surface area contributed by atoms with Crippen LogP contribution in [0.1, 0.15) is 10.4 Å². The van der Waals surface area contributed by atoms with Gasteiger partial charge in [0.25, 0.3) is 5.91 Å². The highest BCUT2D eigenvalue weighted by Crippen LogP contribution is 2.26. The maximum Gasteiger partial charge on any atom is 0.258 e. The number of hydrogen-bond donors (Lipinski definition) is 2. The number of pyridine rings is 1. The van der Waals surface area contributed by atoms with Crippen LogP contribution >= 0.6 is 11.6 Å². The van der Waals surface area contributed by atoms with Gasteiger partial charge in [-0.2, -0.15) is 4.39 Å². The summed E-state index contributed by atoms with van der Waals surface area (Å²) >= 11 is 5.59. The third-order valence-corrected chi connectivity index (χ3v) is 2.57. The Morgan fingerprint density at radius 3 is 2.60 bits per heavy atom. The number of halogens is 4. The van der Waals surface area contributed by atoms with E-state index in [4.69, 9.17) is 16.7 Å². The highest BCUT2D eigenvalue weighted by molar-refractivity contribution is 6.29. The number of carbonyl (C=O) groups is 1. The molecule has 0 saturated heterocycles. The molecule has 0 saturated carbocycles. The Morgan fingerprint density at radius 2 is 1.95 bits per heavy atom. The molecule has 0 aliphatic carbocycles. The third kappa shape index (κ3) is 2.67. The van der Waals surface area contributed by atoms with E-state index in [-0.39, 0.29) is 10.8 Å². The molecule has 1 aromatic heterocycles. The summed E-state index contributed by atoms with van der Waals surface area (Å²) in [5, 5.41) is 11.3. The van der Waals surface area contributed by atoms with Crippen molar-refractivity contribution in [3.8, 4) is 5.75 Å². The van der Waals surface area contributed by atoms with E-state index in [9.17, 15) is 18.0 Å². The Kier molecular flexibility index (Phi) is 3.80. The molecule has 4 nitrogen and oxygen atoms in total. The molecule has 1 amide bonds. The van der Waals surface area contributed by atoms with Crippen LogP contribution in [-0.4, -0.2) is 16.0 Å². The fraction of sp³-hybridized carbons (Fsp3) is 0. The van der Waals surface area contributed by atoms with Gasteiger partial charge in [-0.1, -0.05) is 11.6 Å². The van der Waals surface area contributed by atoms with Gasteiger partial charge in [-0.25, -0.2) is 13.8 Å². The van der Waals surface area contributed by atoms with Gasteiger partial charge in [0.1, 0.15) is 5.15 Å². The summed E-state index contributed by atoms with van der Waals surface area (Å²) in [4.78, 5) is 15.4. The molecule has 0 spiro atoms. The van der Waals surface area contributed by atoms with Crippen LogP contribution < -0.4 is 5.32 Å². The summed E-state index contributed by atoms with van der Waals surface area (Å²) in [6.07, 6.45) is 1.29. The minimum atomic E-state index is -1.76. The number of rotatable bonds is 2. The topological polar surface area (TPSA) is 62.2 Å². The highest BCUT2D eigenvalue weighted by Gasteiger charge is 2.22. The predicted octanol–water partition coefficient (Wildman–Crippen LogP) is 3.11. The molecule has 1 aromatic carbocycles. The van der Waals surface area contributed by atoms with Gasteiger partial charge in [0.2, 0.25) is 5.82 Å². The number of benzene rings is 1. The highest BCUT2D eigenvalue weighted by atomic mass is 35.5. The van der Waals surface area contributed by atoms with E-state index < -0.39 is 34.7 Å². The largest absolute Gasteiger partial charge is 0.503 e. The summed E-state index contributed by atoms with van der Waals surface area (Å²) in [7, 11) is 0. The molecule has 104 valence electrons. The Labute approximate surface area is 115 Å². The molecular weight excluding hydrogens is 297 g/mol. The standard InChI is InChI=1S/C12H6ClF3N2O2/c13-8-3-5(1-2-17-8)18-12(20)6-4-7(14)10(16)11(19)9(6)15/h1-4,19H,(H,17,18,20). The van der Waals surface area contributed by atoms with Crippen molar-refractivity contribution in [2.75, 3.05) is 5.32 Å². The second-order valence-corrected chi connectivity index (χ2v) is 4.09. The van der Waals surface area contributed by atoms with Gasteiger partial charge in [0, 0.05) is 11.9 Å². The number of nitrogens with zero attached hydrogens (tertiary/aromatic N) is 1. The van der Waals surface area contributed by atoms with E-state index in [0.717, 1.165) is 0 Å². The lowest BCUT2D eigenvalue weighted by molar-refractivity contribution is 0.102. The van der Waals surface area contributed by atoms with Crippen molar-refractivity contribution in [3.63, 3.8) is 0 Å². The average molecular weight is 303 g/mol. The molecule has 20 heavy (non-hydrogen) atoms. The van der Waals surface area contributed by atoms with E-state index >= 15 is 0 Å². The fourth-order valence-corrected chi connectivity index (χ4v) is 1.61. The molecule has 0 aliphatic heterocycles. The van der Waals surface area contributed by atoms with Gasteiger partial charge < -0.3 is 10.4 Å². The van der Waals surface area contributed by atoms with E-state index in [1.165, 1.54) is 18.3 Å². The molecule has 0 aliphatic rings. The quantitative estimate of drug-likeness (QED) is 0.662. The summed E-state index contributed by atoms with van der Waals surface area (Å²) in [5.74, 6) is -7.48. The van der Waals surface area contributed by atoms with Crippen molar-refractivity contribution in [2.24, 2.45) is 0 Å². The normalized spacial score (nSPS) is 10.4. The van der Waals surface area contributed by atoms with Crippen molar-refractivity contribution in [2.45, 2.75) is 0 Å². The minimum Gasteiger partial charge on any atom is -0.503 e. The number of phenolic OH excluding ortho intramolecular Hbond substituents is 1. The van der Waals surface area contributed by atoms with Crippen molar-refractivity contribution in [3.05, 3.63) is 52.6 Å². The fourth-order valence-electron chi connectivity index (χ4n) is 1.43. The zero-order valence-electron chi connectivity index (χ0n) is 9.62. The summed E-state index contributed by atoms with van der Waals surface area (Å²) in [6, 6.07) is 2.99. The number of aromatic nitrogens is 1. The molecular formula is C12H6ClF3N2O2. The van der Waals surface area contributed by atoms with E-state index in [2.05, 4.69) is 10.3 Å². The first-order valence-corrected chi connectivity index (χ1v) is 5.57. The number of amides is 1. The number of anilines is 1. The molecule has 2 N–H and O–H groups in total. The number of aromatic hydroxyl groups is 1. The van der Waals surface area contributed by atoms with Crippen molar-refractivity contribution in [1.82, 2.24) is 4.98 Å². The second kappa shape index (κ2) is 5.38. The smallest absolute Gasteiger partial charge is 0.258 e. The lowest BCUT2D eigenvalue weighted by atomic mass is 10.1. The Balaban J connectivity index is 2.35. The Hall–Kier alpha value is -2.28. The summed E-state index contributed by atoms with van der Waals surface area (Å²) in [6.45, 7) is 0. The molecule has 0 fully saturated rings. The zero-order valence-corrected chi connectivity index (χ0v) is 10.4. The van der Waals surface area contributed by atoms with Crippen LogP contribution in [0, 0.1) is 17.5 Å². The molecule has 2 rings (SSSR count). The summed E-state index contributed by atoms with van der Waals surface area (Å²) in [5.41, 5.74) is -0.659. The maximum atomic E-state index is 13.5. The first kappa shape index (κ1) is 14.1. The van der Waals surface area contributed by atoms with Crippen molar-refractivity contribution >= 4 is 23.2 Å². The van der Waals surface area contributed by atoms with Crippen LogP contribution in [0.15, 0.2) is 24.4 Å². The second-order valence-electron chi connectivity index (χ2n) is 3.70. The van der Waals surface area contributed by atoms with Crippen molar-refractivity contribution in [1.29, 1.82) is 0 Å². The SMILES string of the molecule is O=C(Nc1ccnc(Cl)c1)c1cc(F)c(F)c(O)c1F. The van der Waals surface area contributed by atoms with E-state index in [1.807, 2.05) is 0 Å². The maximum absolute atomic E-state index is 13.5. The van der Waals surface area contributed by atoms with Crippen LogP contribution in [0.4, 0.5) is 18.9 Å². The van der Waals surface area contributed by atoms with E-state index in [1.54, 1.807) is 0 Å². The van der Waals surface area contributed by atoms with Gasteiger partial charge >= 0.3 is 0 Å². The summed E-state index contributed by atoms with van der Waals surface area (Å²) < 4.78 is 39.5. The lowest BCUT2D eigenvalue weighted by Gasteiger charge is -2.08. The van der Waals surface area contributed by atoms with Crippen LogP contribution in [-0.2, 0) is 0 Å². The molecule has 8 heteroatoms. The van der Waals surface area contributed by atoms with Gasteiger partial charge in [-0.3, -0.25) is 4.79 Å². The van der Waals surface area contributed by atoms with Crippen molar-refractivity contribution < 1.29 is 23.1 Å². The number of nitrogens with one attached hydrogen (secondary N) is 1. The van der Waals surface area contributed by atoms with Gasteiger partial charge in [-0.05, 0) is 18.2 Å². The Morgan fingerprint density at radius 1 is 1.25 bits per heavy atom. The molecule has 1 heterocycles. The Bertz CT molecular complexity index is 695. The molecule has 0 bridgehead atoms. The molecule has 0 unspecified atom stereocenters. The van der Waals surface area contributed by atoms with Crippen LogP contribution in [0.3, 0.4) is 0 Å². The first-order valence-electron chi connectivity index (χ1n) is 5.19. The number of carbonyl (C=O) groups excluding carboxylic acids is 1. The lowest BCUT2D eigenvalue weighted by Crippen LogP contribution is -2.15. The van der Waals surface area contributed by atoms with Gasteiger partial charge in [-0.15, -0.1) is 0 Å². The van der Waals surface area contributed by atoms with Gasteiger partial charge in [0.15, 0.2) is 17.4 Å². The van der Waals surface area contributed by atoms with Crippen LogP contribution in [0.5, 0.6) is 5.75 Å². The zero-order chi connectivity index (χ0) is 14.9. The predicted molar refractivity (Wildman–Crippen MR) is 65.2 cm³/mol. The van der Waals surface area contributed by atoms with Crippen LogP contribution in [0.2, 0.25) is 5.15 Å². The molecule has 0 radical (unpaired) electrons. The average Bonchev–Trinajstić information content (AvgIpc) is 2.40. The monoisotopic (exact) mass is 302 g/mol. The van der Waals surface area contributed by atoms with Gasteiger partial charge in [0.05, 0.1) is 5.56 Å². The van der Waals surface area contributed by atoms with Crippen LogP contribution in [0.25, 0.3) is 0 Å². The number of phenols is 1. The first-order chi connectivity index (χ1) is 9.40. The molecule has 2 aromatic rings. The molecule has 0 atom stereocenters. The van der Waals surface area contributed by atoms with E-state index in [0.29, 0.717) is 6.07 Å². The third-order valence-electron chi connectivity index (χ3n) is 2.36. The minimum absolute atomic E-state index is 0.0800.